The van der Waals surface area contributed by atoms with Crippen LogP contribution in [-0.4, -0.2) is 16.1 Å². The summed E-state index contributed by atoms with van der Waals surface area (Å²) in [5.74, 6) is -1.29. The van der Waals surface area contributed by atoms with Crippen LogP contribution in [0.5, 0.6) is 0 Å². The molecule has 0 aromatic carbocycles. The normalized spacial score (nSPS) is 10.7. The zero-order chi connectivity index (χ0) is 11.6. The minimum absolute atomic E-state index is 0.0162. The summed E-state index contributed by atoms with van der Waals surface area (Å²) < 4.78 is 24.9. The minimum atomic E-state index is -2.73. The molecule has 15 heavy (non-hydrogen) atoms. The van der Waals surface area contributed by atoms with Crippen LogP contribution in [0.4, 0.5) is 8.78 Å². The van der Waals surface area contributed by atoms with Crippen molar-refractivity contribution in [2.24, 2.45) is 5.73 Å². The smallest absolute Gasteiger partial charge is 0.355 e. The van der Waals surface area contributed by atoms with Crippen molar-refractivity contribution in [3.8, 4) is 0 Å². The first-order valence-corrected chi connectivity index (χ1v) is 4.67. The molecule has 1 aromatic heterocycles. The molecule has 1 heterocycles. The maximum absolute atomic E-state index is 12.5. The van der Waals surface area contributed by atoms with Gasteiger partial charge in [-0.05, 0) is 22.0 Å². The number of rotatable bonds is 3. The fourth-order valence-corrected chi connectivity index (χ4v) is 1.55. The maximum Gasteiger partial charge on any atom is 0.355 e. The highest BCUT2D eigenvalue weighted by atomic mass is 79.9. The molecular weight excluding hydrogens is 274 g/mol. The van der Waals surface area contributed by atoms with Crippen LogP contribution in [0.3, 0.4) is 0 Å². The van der Waals surface area contributed by atoms with E-state index in [9.17, 15) is 13.6 Å². The van der Waals surface area contributed by atoms with E-state index < -0.39 is 12.4 Å². The summed E-state index contributed by atoms with van der Waals surface area (Å²) >= 11 is 2.86. The zero-order valence-electron chi connectivity index (χ0n) is 7.38. The lowest BCUT2D eigenvalue weighted by Crippen LogP contribution is -2.11. The molecular formula is C8H7BrF2N2O2. The van der Waals surface area contributed by atoms with E-state index in [4.69, 9.17) is 10.8 Å². The molecule has 0 aliphatic heterocycles. The van der Waals surface area contributed by atoms with Crippen LogP contribution in [0.2, 0.25) is 0 Å². The molecule has 1 rings (SSSR count). The summed E-state index contributed by atoms with van der Waals surface area (Å²) in [6.45, 7) is -0.229. The zero-order valence-corrected chi connectivity index (χ0v) is 8.96. The SMILES string of the molecule is NCc1nc(C(=O)O)c(Br)cc1C(F)F. The van der Waals surface area contributed by atoms with Gasteiger partial charge in [-0.15, -0.1) is 0 Å². The van der Waals surface area contributed by atoms with Gasteiger partial charge < -0.3 is 10.8 Å². The molecule has 7 heteroatoms. The monoisotopic (exact) mass is 280 g/mol. The third-order valence-electron chi connectivity index (χ3n) is 1.72. The molecule has 0 saturated carbocycles. The summed E-state index contributed by atoms with van der Waals surface area (Å²) in [4.78, 5) is 14.2. The lowest BCUT2D eigenvalue weighted by atomic mass is 10.1. The summed E-state index contributed by atoms with van der Waals surface area (Å²) in [6, 6.07) is 1.03. The van der Waals surface area contributed by atoms with E-state index in [2.05, 4.69) is 20.9 Å². The Morgan fingerprint density at radius 3 is 2.67 bits per heavy atom. The fourth-order valence-electron chi connectivity index (χ4n) is 1.04. The average Bonchev–Trinajstić information content (AvgIpc) is 2.16. The van der Waals surface area contributed by atoms with Gasteiger partial charge in [0.05, 0.1) is 10.2 Å². The van der Waals surface area contributed by atoms with E-state index >= 15 is 0 Å². The first-order valence-electron chi connectivity index (χ1n) is 3.88. The second-order valence-electron chi connectivity index (χ2n) is 2.66. The van der Waals surface area contributed by atoms with Gasteiger partial charge in [-0.3, -0.25) is 0 Å². The van der Waals surface area contributed by atoms with Gasteiger partial charge in [0.1, 0.15) is 0 Å². The molecule has 0 atom stereocenters. The van der Waals surface area contributed by atoms with E-state index in [0.717, 1.165) is 6.07 Å². The standard InChI is InChI=1S/C8H7BrF2N2O2/c9-4-1-3(7(10)11)5(2-12)13-6(4)8(14)15/h1,7H,2,12H2,(H,14,15). The highest BCUT2D eigenvalue weighted by Crippen LogP contribution is 2.26. The second kappa shape index (κ2) is 4.63. The van der Waals surface area contributed by atoms with Crippen molar-refractivity contribution in [1.29, 1.82) is 0 Å². The third-order valence-corrected chi connectivity index (χ3v) is 2.32. The lowest BCUT2D eigenvalue weighted by molar-refractivity contribution is 0.0688. The number of carboxylic acids is 1. The minimum Gasteiger partial charge on any atom is -0.476 e. The van der Waals surface area contributed by atoms with E-state index in [1.807, 2.05) is 0 Å². The van der Waals surface area contributed by atoms with Crippen molar-refractivity contribution >= 4 is 21.9 Å². The molecule has 82 valence electrons. The number of halogens is 3. The van der Waals surface area contributed by atoms with Crippen LogP contribution < -0.4 is 5.73 Å². The third kappa shape index (κ3) is 2.48. The Morgan fingerprint density at radius 1 is 1.67 bits per heavy atom. The van der Waals surface area contributed by atoms with Crippen molar-refractivity contribution < 1.29 is 18.7 Å². The van der Waals surface area contributed by atoms with Gasteiger partial charge in [0.25, 0.3) is 6.43 Å². The number of nitrogens with two attached hydrogens (primary N) is 1. The number of carbonyl (C=O) groups is 1. The molecule has 0 radical (unpaired) electrons. The number of alkyl halides is 2. The Kier molecular flexibility index (Phi) is 3.70. The average molecular weight is 281 g/mol. The van der Waals surface area contributed by atoms with E-state index in [0.29, 0.717) is 0 Å². The van der Waals surface area contributed by atoms with Gasteiger partial charge >= 0.3 is 5.97 Å². The van der Waals surface area contributed by atoms with Crippen LogP contribution in [0.25, 0.3) is 0 Å². The topological polar surface area (TPSA) is 76.2 Å². The predicted octanol–water partition coefficient (Wildman–Crippen LogP) is 1.94. The summed E-state index contributed by atoms with van der Waals surface area (Å²) in [7, 11) is 0. The van der Waals surface area contributed by atoms with Crippen molar-refractivity contribution in [3.63, 3.8) is 0 Å². The van der Waals surface area contributed by atoms with Crippen LogP contribution in [0.1, 0.15) is 28.2 Å². The molecule has 0 saturated heterocycles. The Labute approximate surface area is 92.2 Å². The summed E-state index contributed by atoms with van der Waals surface area (Å²) in [6.07, 6.45) is -2.73. The maximum atomic E-state index is 12.5. The van der Waals surface area contributed by atoms with Gasteiger partial charge in [-0.2, -0.15) is 0 Å². The molecule has 0 aliphatic carbocycles. The number of pyridine rings is 1. The Morgan fingerprint density at radius 2 is 2.27 bits per heavy atom. The number of carboxylic acid groups (broad SMARTS) is 1. The van der Waals surface area contributed by atoms with Gasteiger partial charge in [0.15, 0.2) is 5.69 Å². The Balaban J connectivity index is 3.35. The second-order valence-corrected chi connectivity index (χ2v) is 3.52. The van der Waals surface area contributed by atoms with Gasteiger partial charge in [-0.25, -0.2) is 18.6 Å². The number of nitrogens with zero attached hydrogens (tertiary/aromatic N) is 1. The first kappa shape index (κ1) is 12.0. The van der Waals surface area contributed by atoms with E-state index in [-0.39, 0.29) is 28.0 Å². The van der Waals surface area contributed by atoms with Gasteiger partial charge in [0.2, 0.25) is 0 Å². The summed E-state index contributed by atoms with van der Waals surface area (Å²) in [5, 5.41) is 8.69. The van der Waals surface area contributed by atoms with Crippen molar-refractivity contribution in [2.75, 3.05) is 0 Å². The van der Waals surface area contributed by atoms with Crippen LogP contribution in [0.15, 0.2) is 10.5 Å². The van der Waals surface area contributed by atoms with Crippen molar-refractivity contribution in [2.45, 2.75) is 13.0 Å². The molecule has 0 bridgehead atoms. The number of hydrogen-bond acceptors (Lipinski definition) is 3. The van der Waals surface area contributed by atoms with Crippen LogP contribution >= 0.6 is 15.9 Å². The van der Waals surface area contributed by atoms with Gasteiger partial charge in [0, 0.05) is 12.1 Å². The van der Waals surface area contributed by atoms with Crippen LogP contribution in [0, 0.1) is 0 Å². The number of aromatic nitrogens is 1. The molecule has 1 aromatic rings. The van der Waals surface area contributed by atoms with Gasteiger partial charge in [-0.1, -0.05) is 0 Å². The van der Waals surface area contributed by atoms with Crippen molar-refractivity contribution in [3.05, 3.63) is 27.5 Å². The molecule has 3 N–H and O–H groups in total. The molecule has 4 nitrogen and oxygen atoms in total. The molecule has 0 aliphatic rings. The molecule has 0 spiro atoms. The number of aromatic carboxylic acids is 1. The summed E-state index contributed by atoms with van der Waals surface area (Å²) in [5.41, 5.74) is 4.43. The lowest BCUT2D eigenvalue weighted by Gasteiger charge is -2.08. The Hall–Kier alpha value is -1.08. The van der Waals surface area contributed by atoms with Crippen molar-refractivity contribution in [1.82, 2.24) is 4.98 Å². The Bertz CT molecular complexity index is 398. The molecule has 0 fully saturated rings. The highest BCUT2D eigenvalue weighted by Gasteiger charge is 2.19. The largest absolute Gasteiger partial charge is 0.476 e. The number of hydrogen-bond donors (Lipinski definition) is 2. The van der Waals surface area contributed by atoms with E-state index in [1.54, 1.807) is 0 Å². The molecule has 0 unspecified atom stereocenters. The quantitative estimate of drug-likeness (QED) is 0.887. The fraction of sp³-hybridized carbons (Fsp3) is 0.250. The van der Waals surface area contributed by atoms with E-state index in [1.165, 1.54) is 0 Å². The first-order chi connectivity index (χ1) is 6.97. The molecule has 0 amide bonds. The predicted molar refractivity (Wildman–Crippen MR) is 51.7 cm³/mol. The van der Waals surface area contributed by atoms with Crippen LogP contribution in [-0.2, 0) is 6.54 Å². The highest BCUT2D eigenvalue weighted by molar-refractivity contribution is 9.10.